The van der Waals surface area contributed by atoms with Gasteiger partial charge in [0.1, 0.15) is 12.4 Å². The van der Waals surface area contributed by atoms with Crippen LogP contribution < -0.4 is 5.32 Å². The Morgan fingerprint density at radius 2 is 1.88 bits per heavy atom. The highest BCUT2D eigenvalue weighted by Crippen LogP contribution is 2.25. The van der Waals surface area contributed by atoms with E-state index < -0.39 is 5.82 Å². The van der Waals surface area contributed by atoms with E-state index in [1.165, 1.54) is 18.2 Å². The zero-order valence-corrected chi connectivity index (χ0v) is 15.6. The molecule has 0 atom stereocenters. The molecule has 142 valence electrons. The van der Waals surface area contributed by atoms with Crippen molar-refractivity contribution in [3.8, 4) is 0 Å². The first-order valence-electron chi connectivity index (χ1n) is 9.31. The minimum Gasteiger partial charge on any atom is -0.339 e. The van der Waals surface area contributed by atoms with Crippen molar-refractivity contribution in [1.29, 1.82) is 0 Å². The molecule has 5 nitrogen and oxygen atoms in total. The SMILES string of the molecule is O=C(CN(C(=O)c1ccc(F)c(Cl)c1)C1CCCCC1)N1CCNCC1. The highest BCUT2D eigenvalue weighted by molar-refractivity contribution is 6.31. The van der Waals surface area contributed by atoms with Crippen molar-refractivity contribution in [3.63, 3.8) is 0 Å². The van der Waals surface area contributed by atoms with Crippen molar-refractivity contribution in [3.05, 3.63) is 34.6 Å². The molecule has 1 aliphatic heterocycles. The number of carbonyl (C=O) groups is 2. The Hall–Kier alpha value is -1.66. The Balaban J connectivity index is 1.78. The van der Waals surface area contributed by atoms with Gasteiger partial charge in [-0.15, -0.1) is 0 Å². The molecule has 1 N–H and O–H groups in total. The van der Waals surface area contributed by atoms with Crippen LogP contribution in [0.25, 0.3) is 0 Å². The summed E-state index contributed by atoms with van der Waals surface area (Å²) in [6.45, 7) is 2.94. The van der Waals surface area contributed by atoms with E-state index in [1.807, 2.05) is 0 Å². The molecule has 0 aromatic heterocycles. The van der Waals surface area contributed by atoms with E-state index >= 15 is 0 Å². The molecule has 1 aromatic carbocycles. The molecule has 3 rings (SSSR count). The van der Waals surface area contributed by atoms with Gasteiger partial charge in [0, 0.05) is 37.8 Å². The first-order chi connectivity index (χ1) is 12.6. The zero-order valence-electron chi connectivity index (χ0n) is 14.8. The number of amides is 2. The molecular formula is C19H25ClFN3O2. The maximum absolute atomic E-state index is 13.4. The van der Waals surface area contributed by atoms with E-state index in [9.17, 15) is 14.0 Å². The molecule has 1 aliphatic carbocycles. The molecule has 1 heterocycles. The number of nitrogens with one attached hydrogen (secondary N) is 1. The first kappa shape index (κ1) is 19.1. The normalized spacial score (nSPS) is 18.6. The first-order valence-corrected chi connectivity index (χ1v) is 9.68. The van der Waals surface area contributed by atoms with Crippen LogP contribution in [0.15, 0.2) is 18.2 Å². The van der Waals surface area contributed by atoms with E-state index in [4.69, 9.17) is 11.6 Å². The number of nitrogens with zero attached hydrogens (tertiary/aromatic N) is 2. The van der Waals surface area contributed by atoms with Crippen LogP contribution in [-0.4, -0.2) is 60.4 Å². The highest BCUT2D eigenvalue weighted by atomic mass is 35.5. The minimum atomic E-state index is -0.552. The number of hydrogen-bond donors (Lipinski definition) is 1. The number of benzene rings is 1. The Morgan fingerprint density at radius 3 is 2.54 bits per heavy atom. The van der Waals surface area contributed by atoms with Gasteiger partial charge in [-0.2, -0.15) is 0 Å². The fourth-order valence-corrected chi connectivity index (χ4v) is 3.89. The Bertz CT molecular complexity index is 658. The number of piperazine rings is 1. The molecule has 2 amide bonds. The molecule has 1 saturated heterocycles. The lowest BCUT2D eigenvalue weighted by Crippen LogP contribution is -2.52. The summed E-state index contributed by atoms with van der Waals surface area (Å²) in [6, 6.07) is 4.04. The molecule has 2 aliphatic rings. The largest absolute Gasteiger partial charge is 0.339 e. The summed E-state index contributed by atoms with van der Waals surface area (Å²) in [5, 5.41) is 3.15. The molecular weight excluding hydrogens is 357 g/mol. The summed E-state index contributed by atoms with van der Waals surface area (Å²) in [6.07, 6.45) is 5.07. The number of halogens is 2. The van der Waals surface area contributed by atoms with Crippen molar-refractivity contribution in [2.45, 2.75) is 38.1 Å². The van der Waals surface area contributed by atoms with E-state index in [0.29, 0.717) is 18.7 Å². The summed E-state index contributed by atoms with van der Waals surface area (Å²) in [5.74, 6) is -0.828. The molecule has 0 radical (unpaired) electrons. The average molecular weight is 382 g/mol. The summed E-state index contributed by atoms with van der Waals surface area (Å²) in [4.78, 5) is 29.3. The Kier molecular flexibility index (Phi) is 6.48. The zero-order chi connectivity index (χ0) is 18.5. The lowest BCUT2D eigenvalue weighted by Gasteiger charge is -2.36. The Morgan fingerprint density at radius 1 is 1.19 bits per heavy atom. The summed E-state index contributed by atoms with van der Waals surface area (Å²) in [5.41, 5.74) is 0.329. The van der Waals surface area contributed by atoms with Crippen molar-refractivity contribution < 1.29 is 14.0 Å². The molecule has 0 unspecified atom stereocenters. The summed E-state index contributed by atoms with van der Waals surface area (Å²) in [7, 11) is 0. The number of rotatable bonds is 4. The van der Waals surface area contributed by atoms with Gasteiger partial charge in [0.05, 0.1) is 5.02 Å². The van der Waals surface area contributed by atoms with Crippen molar-refractivity contribution >= 4 is 23.4 Å². The van der Waals surface area contributed by atoms with Gasteiger partial charge in [-0.05, 0) is 31.0 Å². The third kappa shape index (κ3) is 4.54. The van der Waals surface area contributed by atoms with Crippen LogP contribution in [0, 0.1) is 5.82 Å². The highest BCUT2D eigenvalue weighted by Gasteiger charge is 2.30. The van der Waals surface area contributed by atoms with E-state index in [0.717, 1.165) is 45.2 Å². The van der Waals surface area contributed by atoms with Crippen LogP contribution in [-0.2, 0) is 4.79 Å². The predicted molar refractivity (Wildman–Crippen MR) is 98.8 cm³/mol. The predicted octanol–water partition coefficient (Wildman–Crippen LogP) is 2.69. The second kappa shape index (κ2) is 8.82. The molecule has 26 heavy (non-hydrogen) atoms. The van der Waals surface area contributed by atoms with Crippen LogP contribution in [0.4, 0.5) is 4.39 Å². The smallest absolute Gasteiger partial charge is 0.254 e. The third-order valence-corrected chi connectivity index (χ3v) is 5.51. The van der Waals surface area contributed by atoms with Crippen molar-refractivity contribution in [2.24, 2.45) is 0 Å². The fourth-order valence-electron chi connectivity index (χ4n) is 3.71. The van der Waals surface area contributed by atoms with Crippen LogP contribution in [0.3, 0.4) is 0 Å². The van der Waals surface area contributed by atoms with Gasteiger partial charge in [-0.25, -0.2) is 4.39 Å². The molecule has 2 fully saturated rings. The van der Waals surface area contributed by atoms with Crippen LogP contribution in [0.5, 0.6) is 0 Å². The average Bonchev–Trinajstić information content (AvgIpc) is 2.69. The second-order valence-electron chi connectivity index (χ2n) is 6.98. The van der Waals surface area contributed by atoms with Gasteiger partial charge >= 0.3 is 0 Å². The third-order valence-electron chi connectivity index (χ3n) is 5.22. The molecule has 1 saturated carbocycles. The van der Waals surface area contributed by atoms with Crippen molar-refractivity contribution in [1.82, 2.24) is 15.1 Å². The topological polar surface area (TPSA) is 52.7 Å². The standard InChI is InChI=1S/C19H25ClFN3O2/c20-16-12-14(6-7-17(16)21)19(26)24(15-4-2-1-3-5-15)13-18(25)23-10-8-22-9-11-23/h6-7,12,15,22H,1-5,8-11,13H2. The van der Waals surface area contributed by atoms with Crippen LogP contribution in [0.2, 0.25) is 5.02 Å². The molecule has 0 bridgehead atoms. The maximum Gasteiger partial charge on any atom is 0.254 e. The van der Waals surface area contributed by atoms with Gasteiger partial charge in [-0.3, -0.25) is 9.59 Å². The second-order valence-corrected chi connectivity index (χ2v) is 7.39. The number of carbonyl (C=O) groups excluding carboxylic acids is 2. The Labute approximate surface area is 158 Å². The van der Waals surface area contributed by atoms with E-state index in [2.05, 4.69) is 5.32 Å². The minimum absolute atomic E-state index is 0.0290. The summed E-state index contributed by atoms with van der Waals surface area (Å²) >= 11 is 5.85. The van der Waals surface area contributed by atoms with Gasteiger partial charge in [0.2, 0.25) is 5.91 Å². The van der Waals surface area contributed by atoms with Gasteiger partial charge < -0.3 is 15.1 Å². The lowest BCUT2D eigenvalue weighted by molar-refractivity contribution is -0.133. The fraction of sp³-hybridized carbons (Fsp3) is 0.579. The van der Waals surface area contributed by atoms with Crippen molar-refractivity contribution in [2.75, 3.05) is 32.7 Å². The quantitative estimate of drug-likeness (QED) is 0.872. The van der Waals surface area contributed by atoms with E-state index in [-0.39, 0.29) is 29.4 Å². The lowest BCUT2D eigenvalue weighted by atomic mass is 9.93. The summed E-state index contributed by atoms with van der Waals surface area (Å²) < 4.78 is 13.4. The molecule has 0 spiro atoms. The molecule has 7 heteroatoms. The van der Waals surface area contributed by atoms with E-state index in [1.54, 1.807) is 9.80 Å². The number of hydrogen-bond acceptors (Lipinski definition) is 3. The van der Waals surface area contributed by atoms with Gasteiger partial charge in [0.25, 0.3) is 5.91 Å². The van der Waals surface area contributed by atoms with Crippen LogP contribution in [0.1, 0.15) is 42.5 Å². The van der Waals surface area contributed by atoms with Gasteiger partial charge in [0.15, 0.2) is 0 Å². The molecule has 1 aromatic rings. The monoisotopic (exact) mass is 381 g/mol. The van der Waals surface area contributed by atoms with Gasteiger partial charge in [-0.1, -0.05) is 30.9 Å². The maximum atomic E-state index is 13.4. The van der Waals surface area contributed by atoms with Crippen LogP contribution >= 0.6 is 11.6 Å².